The van der Waals surface area contributed by atoms with E-state index in [-0.39, 0.29) is 5.91 Å². The van der Waals surface area contributed by atoms with Gasteiger partial charge in [-0.05, 0) is 24.3 Å². The lowest BCUT2D eigenvalue weighted by Gasteiger charge is -2.17. The number of hydrogen-bond donors (Lipinski definition) is 1. The molecular formula is C19H14N4O3S. The summed E-state index contributed by atoms with van der Waals surface area (Å²) < 4.78 is 14.0. The van der Waals surface area contributed by atoms with Crippen LogP contribution in [0.25, 0.3) is 15.9 Å². The summed E-state index contributed by atoms with van der Waals surface area (Å²) >= 11 is 1.40. The fraction of sp³-hybridized carbons (Fsp3) is 0.105. The second-order valence-corrected chi connectivity index (χ2v) is 6.98. The molecule has 0 saturated heterocycles. The second-order valence-electron chi connectivity index (χ2n) is 5.95. The summed E-state index contributed by atoms with van der Waals surface area (Å²) in [6, 6.07) is 11.0. The molecular weight excluding hydrogens is 364 g/mol. The molecule has 8 heteroatoms. The van der Waals surface area contributed by atoms with Crippen LogP contribution < -0.4 is 14.8 Å². The highest BCUT2D eigenvalue weighted by atomic mass is 32.1. The Kier molecular flexibility index (Phi) is 3.75. The maximum atomic E-state index is 12.5. The van der Waals surface area contributed by atoms with Gasteiger partial charge in [0.2, 0.25) is 0 Å². The molecule has 4 aromatic rings. The number of nitrogens with one attached hydrogen (secondary N) is 1. The Bertz CT molecular complexity index is 1080. The smallest absolute Gasteiger partial charge is 0.257 e. The molecule has 3 heterocycles. The third-order valence-corrected chi connectivity index (χ3v) is 5.14. The van der Waals surface area contributed by atoms with E-state index in [1.165, 1.54) is 11.3 Å². The summed E-state index contributed by atoms with van der Waals surface area (Å²) in [5, 5.41) is 3.40. The minimum atomic E-state index is -0.205. The summed E-state index contributed by atoms with van der Waals surface area (Å²) in [6.45, 7) is 1.07. The molecule has 0 radical (unpaired) electrons. The van der Waals surface area contributed by atoms with Crippen LogP contribution in [0.15, 0.2) is 55.1 Å². The van der Waals surface area contributed by atoms with Crippen LogP contribution in [0.4, 0.5) is 5.13 Å². The Labute approximate surface area is 158 Å². The number of nitrogens with zero attached hydrogens (tertiary/aromatic N) is 3. The van der Waals surface area contributed by atoms with Gasteiger partial charge in [0.25, 0.3) is 5.91 Å². The van der Waals surface area contributed by atoms with E-state index in [2.05, 4.69) is 15.3 Å². The minimum absolute atomic E-state index is 0.205. The number of imidazole rings is 1. The van der Waals surface area contributed by atoms with Crippen molar-refractivity contribution in [3.05, 3.63) is 60.7 Å². The average Bonchev–Trinajstić information content (AvgIpc) is 3.35. The largest absolute Gasteiger partial charge is 0.486 e. The van der Waals surface area contributed by atoms with Crippen molar-refractivity contribution in [3.63, 3.8) is 0 Å². The number of aromatic nitrogens is 3. The zero-order valence-corrected chi connectivity index (χ0v) is 14.9. The number of amides is 1. The van der Waals surface area contributed by atoms with E-state index in [0.29, 0.717) is 35.4 Å². The minimum Gasteiger partial charge on any atom is -0.486 e. The SMILES string of the molecule is O=C(Nc1nc2cc3c(cc2s1)OCCO3)c1ccc(-n2ccnc2)cc1. The van der Waals surface area contributed by atoms with Gasteiger partial charge < -0.3 is 14.0 Å². The van der Waals surface area contributed by atoms with Crippen molar-refractivity contribution in [1.29, 1.82) is 0 Å². The number of fused-ring (bicyclic) bond motifs is 2. The van der Waals surface area contributed by atoms with Gasteiger partial charge in [0.1, 0.15) is 13.2 Å². The Morgan fingerprint density at radius 2 is 1.89 bits per heavy atom. The number of anilines is 1. The van der Waals surface area contributed by atoms with Crippen LogP contribution in [0.3, 0.4) is 0 Å². The predicted molar refractivity (Wildman–Crippen MR) is 102 cm³/mol. The van der Waals surface area contributed by atoms with Crippen LogP contribution in [0.2, 0.25) is 0 Å². The maximum Gasteiger partial charge on any atom is 0.257 e. The number of hydrogen-bond acceptors (Lipinski definition) is 6. The topological polar surface area (TPSA) is 78.3 Å². The molecule has 0 spiro atoms. The van der Waals surface area contributed by atoms with E-state index >= 15 is 0 Å². The first-order chi connectivity index (χ1) is 13.3. The van der Waals surface area contributed by atoms with Gasteiger partial charge in [-0.3, -0.25) is 10.1 Å². The summed E-state index contributed by atoms with van der Waals surface area (Å²) in [4.78, 5) is 21.0. The van der Waals surface area contributed by atoms with Gasteiger partial charge in [-0.2, -0.15) is 0 Å². The lowest BCUT2D eigenvalue weighted by atomic mass is 10.2. The van der Waals surface area contributed by atoms with Gasteiger partial charge >= 0.3 is 0 Å². The van der Waals surface area contributed by atoms with E-state index in [4.69, 9.17) is 9.47 Å². The molecule has 0 fully saturated rings. The first kappa shape index (κ1) is 15.8. The van der Waals surface area contributed by atoms with E-state index in [1.807, 2.05) is 35.0 Å². The molecule has 1 aliphatic rings. The number of carbonyl (C=O) groups excluding carboxylic acids is 1. The van der Waals surface area contributed by atoms with Crippen molar-refractivity contribution in [2.75, 3.05) is 18.5 Å². The van der Waals surface area contributed by atoms with Crippen molar-refractivity contribution >= 4 is 32.6 Å². The van der Waals surface area contributed by atoms with Gasteiger partial charge in [-0.15, -0.1) is 0 Å². The summed E-state index contributed by atoms with van der Waals surface area (Å²) in [5.41, 5.74) is 2.27. The number of thiazole rings is 1. The first-order valence-electron chi connectivity index (χ1n) is 8.36. The first-order valence-corrected chi connectivity index (χ1v) is 9.18. The normalized spacial score (nSPS) is 12.9. The third kappa shape index (κ3) is 3.00. The Balaban J connectivity index is 1.37. The Morgan fingerprint density at radius 3 is 2.63 bits per heavy atom. The molecule has 1 N–H and O–H groups in total. The molecule has 0 bridgehead atoms. The quantitative estimate of drug-likeness (QED) is 0.590. The van der Waals surface area contributed by atoms with Crippen LogP contribution in [0.1, 0.15) is 10.4 Å². The number of benzene rings is 2. The molecule has 134 valence electrons. The van der Waals surface area contributed by atoms with Gasteiger partial charge in [0.15, 0.2) is 16.6 Å². The van der Waals surface area contributed by atoms with Gasteiger partial charge in [-0.1, -0.05) is 11.3 Å². The summed E-state index contributed by atoms with van der Waals surface area (Å²) in [7, 11) is 0. The van der Waals surface area contributed by atoms with Crippen molar-refractivity contribution in [3.8, 4) is 17.2 Å². The summed E-state index contributed by atoms with van der Waals surface area (Å²) in [5.74, 6) is 1.20. The van der Waals surface area contributed by atoms with Crippen LogP contribution in [-0.4, -0.2) is 33.7 Å². The Hall–Kier alpha value is -3.39. The van der Waals surface area contributed by atoms with Crippen molar-refractivity contribution in [2.24, 2.45) is 0 Å². The van der Waals surface area contributed by atoms with Crippen LogP contribution in [-0.2, 0) is 0 Å². The third-order valence-electron chi connectivity index (χ3n) is 4.20. The molecule has 0 unspecified atom stereocenters. The van der Waals surface area contributed by atoms with Crippen molar-refractivity contribution < 1.29 is 14.3 Å². The molecule has 7 nitrogen and oxygen atoms in total. The molecule has 0 aliphatic carbocycles. The highest BCUT2D eigenvalue weighted by molar-refractivity contribution is 7.22. The van der Waals surface area contributed by atoms with Crippen LogP contribution in [0, 0.1) is 0 Å². The lowest BCUT2D eigenvalue weighted by molar-refractivity contribution is 0.102. The zero-order chi connectivity index (χ0) is 18.2. The van der Waals surface area contributed by atoms with Crippen LogP contribution >= 0.6 is 11.3 Å². The highest BCUT2D eigenvalue weighted by Crippen LogP contribution is 2.37. The number of rotatable bonds is 3. The molecule has 0 atom stereocenters. The molecule has 27 heavy (non-hydrogen) atoms. The van der Waals surface area contributed by atoms with E-state index in [0.717, 1.165) is 15.9 Å². The van der Waals surface area contributed by atoms with E-state index < -0.39 is 0 Å². The maximum absolute atomic E-state index is 12.5. The van der Waals surface area contributed by atoms with Gasteiger partial charge in [0, 0.05) is 35.8 Å². The number of ether oxygens (including phenoxy) is 2. The fourth-order valence-electron chi connectivity index (χ4n) is 2.88. The molecule has 0 saturated carbocycles. The average molecular weight is 378 g/mol. The standard InChI is InChI=1S/C19H14N4O3S/c24-18(12-1-3-13(4-2-12)23-6-5-20-11-23)22-19-21-14-9-15-16(10-17(14)27-19)26-8-7-25-15/h1-6,9-11H,7-8H2,(H,21,22,24). The monoisotopic (exact) mass is 378 g/mol. The number of carbonyl (C=O) groups is 1. The predicted octanol–water partition coefficient (Wildman–Crippen LogP) is 3.51. The second kappa shape index (κ2) is 6.40. The fourth-order valence-corrected chi connectivity index (χ4v) is 3.76. The lowest BCUT2D eigenvalue weighted by Crippen LogP contribution is -2.15. The molecule has 2 aromatic heterocycles. The molecule has 5 rings (SSSR count). The highest BCUT2D eigenvalue weighted by Gasteiger charge is 2.16. The molecule has 1 amide bonds. The molecule has 1 aliphatic heterocycles. The van der Waals surface area contributed by atoms with Crippen molar-refractivity contribution in [1.82, 2.24) is 14.5 Å². The van der Waals surface area contributed by atoms with Crippen LogP contribution in [0.5, 0.6) is 11.5 Å². The zero-order valence-electron chi connectivity index (χ0n) is 14.1. The van der Waals surface area contributed by atoms with Gasteiger partial charge in [0.05, 0.1) is 16.5 Å². The van der Waals surface area contributed by atoms with Crippen molar-refractivity contribution in [2.45, 2.75) is 0 Å². The molecule has 2 aromatic carbocycles. The Morgan fingerprint density at radius 1 is 1.11 bits per heavy atom. The van der Waals surface area contributed by atoms with E-state index in [9.17, 15) is 4.79 Å². The van der Waals surface area contributed by atoms with Gasteiger partial charge in [-0.25, -0.2) is 9.97 Å². The van der Waals surface area contributed by atoms with E-state index in [1.54, 1.807) is 24.7 Å². The summed E-state index contributed by atoms with van der Waals surface area (Å²) in [6.07, 6.45) is 5.27.